The number of sulfonamides is 1. The average molecular weight is 318 g/mol. The molecule has 1 atom stereocenters. The Hall–Kier alpha value is -1.26. The second kappa shape index (κ2) is 10.5. The van der Waals surface area contributed by atoms with Crippen molar-refractivity contribution in [2.45, 2.75) is 39.5 Å². The van der Waals surface area contributed by atoms with Crippen LogP contribution in [0.15, 0.2) is 0 Å². The summed E-state index contributed by atoms with van der Waals surface area (Å²) in [7, 11) is -3.20. The minimum absolute atomic E-state index is 0.130. The van der Waals surface area contributed by atoms with Crippen molar-refractivity contribution in [3.8, 4) is 12.5 Å². The standard InChI is InChI=1S/C9H17NO2S.C5H9NO2/c1-4-7-8-9-13(11,12)10(5-2)6-3;7-5(8)4-1-2-6-3-4/h2H,4,6-9H2,1,3H3;4,6H,1-3H2,(H,7,8). The van der Waals surface area contributed by atoms with E-state index in [1.54, 1.807) is 6.92 Å². The van der Waals surface area contributed by atoms with Crippen molar-refractivity contribution in [1.29, 1.82) is 0 Å². The zero-order valence-electron chi connectivity index (χ0n) is 12.8. The minimum Gasteiger partial charge on any atom is -0.481 e. The van der Waals surface area contributed by atoms with Gasteiger partial charge >= 0.3 is 5.97 Å². The van der Waals surface area contributed by atoms with Gasteiger partial charge in [-0.3, -0.25) is 4.79 Å². The Labute approximate surface area is 128 Å². The van der Waals surface area contributed by atoms with Gasteiger partial charge in [-0.1, -0.05) is 26.2 Å². The van der Waals surface area contributed by atoms with E-state index in [4.69, 9.17) is 11.5 Å². The number of carboxylic acids is 1. The lowest BCUT2D eigenvalue weighted by Crippen LogP contribution is -2.28. The molecule has 2 N–H and O–H groups in total. The molecule has 122 valence electrons. The van der Waals surface area contributed by atoms with E-state index in [1.807, 2.05) is 6.92 Å². The van der Waals surface area contributed by atoms with E-state index in [0.29, 0.717) is 19.5 Å². The van der Waals surface area contributed by atoms with Crippen molar-refractivity contribution in [3.05, 3.63) is 0 Å². The lowest BCUT2D eigenvalue weighted by Gasteiger charge is -2.14. The molecule has 0 spiro atoms. The Bertz CT molecular complexity index is 436. The molecule has 0 aliphatic carbocycles. The Morgan fingerprint density at radius 3 is 2.43 bits per heavy atom. The third-order valence-electron chi connectivity index (χ3n) is 3.18. The normalized spacial score (nSPS) is 17.5. The Morgan fingerprint density at radius 2 is 2.10 bits per heavy atom. The first kappa shape index (κ1) is 19.7. The second-order valence-corrected chi connectivity index (χ2v) is 6.86. The minimum atomic E-state index is -3.20. The van der Waals surface area contributed by atoms with E-state index < -0.39 is 16.0 Å². The van der Waals surface area contributed by atoms with Gasteiger partial charge in [-0.15, -0.1) is 0 Å². The molecule has 0 radical (unpaired) electrons. The fraction of sp³-hybridized carbons (Fsp3) is 0.786. The van der Waals surface area contributed by atoms with E-state index in [2.05, 4.69) is 11.4 Å². The van der Waals surface area contributed by atoms with Crippen molar-refractivity contribution in [2.24, 2.45) is 5.92 Å². The van der Waals surface area contributed by atoms with Crippen LogP contribution < -0.4 is 5.32 Å². The number of unbranched alkanes of at least 4 members (excludes halogenated alkanes) is 2. The first-order chi connectivity index (χ1) is 9.88. The van der Waals surface area contributed by atoms with Crippen LogP contribution >= 0.6 is 0 Å². The molecular formula is C14H26N2O4S. The molecule has 0 aromatic heterocycles. The number of carboxylic acid groups (broad SMARTS) is 1. The summed E-state index contributed by atoms with van der Waals surface area (Å²) in [6.07, 6.45) is 8.49. The summed E-state index contributed by atoms with van der Waals surface area (Å²) in [5, 5.41) is 11.3. The van der Waals surface area contributed by atoms with Crippen LogP contribution in [-0.4, -0.2) is 49.2 Å². The number of nitrogens with one attached hydrogen (secondary N) is 1. The summed E-state index contributed by atoms with van der Waals surface area (Å²) in [4.78, 5) is 10.2. The zero-order chi connectivity index (χ0) is 16.3. The molecule has 6 nitrogen and oxygen atoms in total. The molecule has 0 bridgehead atoms. The van der Waals surface area contributed by atoms with Gasteiger partial charge in [-0.25, -0.2) is 12.7 Å². The molecular weight excluding hydrogens is 292 g/mol. The molecule has 1 unspecified atom stereocenters. The van der Waals surface area contributed by atoms with Crippen LogP contribution in [0.1, 0.15) is 39.5 Å². The van der Waals surface area contributed by atoms with Crippen molar-refractivity contribution in [2.75, 3.05) is 25.4 Å². The number of hydrogen-bond acceptors (Lipinski definition) is 4. The monoisotopic (exact) mass is 318 g/mol. The topological polar surface area (TPSA) is 86.7 Å². The molecule has 1 rings (SSSR count). The average Bonchev–Trinajstić information content (AvgIpc) is 2.94. The predicted octanol–water partition coefficient (Wildman–Crippen LogP) is 1.10. The van der Waals surface area contributed by atoms with E-state index in [0.717, 1.165) is 30.1 Å². The lowest BCUT2D eigenvalue weighted by atomic mass is 10.1. The van der Waals surface area contributed by atoms with Crippen molar-refractivity contribution >= 4 is 16.0 Å². The molecule has 1 aliphatic heterocycles. The van der Waals surface area contributed by atoms with Crippen molar-refractivity contribution in [3.63, 3.8) is 0 Å². The van der Waals surface area contributed by atoms with Crippen LogP contribution in [0.5, 0.6) is 0 Å². The maximum absolute atomic E-state index is 11.5. The highest BCUT2D eigenvalue weighted by atomic mass is 32.2. The van der Waals surface area contributed by atoms with Crippen LogP contribution in [0.2, 0.25) is 0 Å². The highest BCUT2D eigenvalue weighted by Gasteiger charge is 2.20. The highest BCUT2D eigenvalue weighted by molar-refractivity contribution is 7.89. The number of nitrogens with zero attached hydrogens (tertiary/aromatic N) is 1. The van der Waals surface area contributed by atoms with E-state index in [9.17, 15) is 13.2 Å². The van der Waals surface area contributed by atoms with Crippen LogP contribution in [0.25, 0.3) is 0 Å². The number of terminal acetylenes is 1. The molecule has 0 aromatic rings. The molecule has 0 aromatic carbocycles. The highest BCUT2D eigenvalue weighted by Crippen LogP contribution is 2.06. The SMILES string of the molecule is C#CN(CC)S(=O)(=O)CCCCC.O=C(O)C1CCNC1. The molecule has 0 amide bonds. The number of rotatable bonds is 7. The van der Waals surface area contributed by atoms with Crippen molar-refractivity contribution in [1.82, 2.24) is 9.62 Å². The zero-order valence-corrected chi connectivity index (χ0v) is 13.7. The van der Waals surface area contributed by atoms with Crippen molar-refractivity contribution < 1.29 is 18.3 Å². The van der Waals surface area contributed by atoms with Gasteiger partial charge in [-0.05, 0) is 26.3 Å². The molecule has 1 saturated heterocycles. The number of hydrogen-bond donors (Lipinski definition) is 2. The summed E-state index contributed by atoms with van der Waals surface area (Å²) >= 11 is 0. The summed E-state index contributed by atoms with van der Waals surface area (Å²) in [6.45, 7) is 5.62. The van der Waals surface area contributed by atoms with Crippen LogP contribution in [0.3, 0.4) is 0 Å². The van der Waals surface area contributed by atoms with E-state index in [1.165, 1.54) is 0 Å². The van der Waals surface area contributed by atoms with Gasteiger partial charge in [0.1, 0.15) is 0 Å². The van der Waals surface area contributed by atoms with Gasteiger partial charge in [-0.2, -0.15) is 0 Å². The first-order valence-corrected chi connectivity index (χ1v) is 8.90. The Kier molecular flexibility index (Phi) is 9.84. The summed E-state index contributed by atoms with van der Waals surface area (Å²) < 4.78 is 24.0. The molecule has 1 heterocycles. The maximum Gasteiger partial charge on any atom is 0.307 e. The largest absolute Gasteiger partial charge is 0.481 e. The fourth-order valence-corrected chi connectivity index (χ4v) is 3.22. The van der Waals surface area contributed by atoms with Crippen LogP contribution in [0.4, 0.5) is 0 Å². The third kappa shape index (κ3) is 7.93. The molecule has 7 heteroatoms. The number of aliphatic carboxylic acids is 1. The smallest absolute Gasteiger partial charge is 0.307 e. The Balaban J connectivity index is 0.000000423. The van der Waals surface area contributed by atoms with Gasteiger partial charge in [0.15, 0.2) is 0 Å². The third-order valence-corrected chi connectivity index (χ3v) is 5.02. The van der Waals surface area contributed by atoms with Gasteiger partial charge < -0.3 is 10.4 Å². The second-order valence-electron chi connectivity index (χ2n) is 4.84. The molecule has 1 fully saturated rings. The maximum atomic E-state index is 11.5. The lowest BCUT2D eigenvalue weighted by molar-refractivity contribution is -0.140. The van der Waals surface area contributed by atoms with Crippen LogP contribution in [0, 0.1) is 18.4 Å². The fourth-order valence-electron chi connectivity index (χ4n) is 1.88. The van der Waals surface area contributed by atoms with Gasteiger partial charge in [0.2, 0.25) is 10.0 Å². The van der Waals surface area contributed by atoms with Gasteiger partial charge in [0.25, 0.3) is 0 Å². The molecule has 0 saturated carbocycles. The Morgan fingerprint density at radius 1 is 1.43 bits per heavy atom. The van der Waals surface area contributed by atoms with E-state index >= 15 is 0 Å². The molecule has 1 aliphatic rings. The summed E-state index contributed by atoms with van der Waals surface area (Å²) in [5.41, 5.74) is 0. The number of carbonyl (C=O) groups is 1. The predicted molar refractivity (Wildman–Crippen MR) is 83.1 cm³/mol. The van der Waals surface area contributed by atoms with Gasteiger partial charge in [0.05, 0.1) is 11.7 Å². The van der Waals surface area contributed by atoms with Crippen LogP contribution in [-0.2, 0) is 14.8 Å². The van der Waals surface area contributed by atoms with E-state index in [-0.39, 0.29) is 11.7 Å². The first-order valence-electron chi connectivity index (χ1n) is 7.29. The quantitative estimate of drug-likeness (QED) is 0.417. The summed E-state index contributed by atoms with van der Waals surface area (Å²) in [6, 6.07) is 2.16. The van der Waals surface area contributed by atoms with Gasteiger partial charge in [0, 0.05) is 19.1 Å². The molecule has 21 heavy (non-hydrogen) atoms. The summed E-state index contributed by atoms with van der Waals surface area (Å²) in [5.74, 6) is -0.635.